The van der Waals surface area contributed by atoms with E-state index in [0.29, 0.717) is 37.2 Å². The zero-order valence-corrected chi connectivity index (χ0v) is 18.8. The quantitative estimate of drug-likeness (QED) is 0.390. The highest BCUT2D eigenvalue weighted by Crippen LogP contribution is 2.26. The number of nitriles is 1. The highest BCUT2D eigenvalue weighted by molar-refractivity contribution is 6.00. The van der Waals surface area contributed by atoms with Gasteiger partial charge in [-0.3, -0.25) is 9.89 Å². The van der Waals surface area contributed by atoms with Gasteiger partial charge in [0, 0.05) is 31.4 Å². The summed E-state index contributed by atoms with van der Waals surface area (Å²) in [5.41, 5.74) is 2.08. The van der Waals surface area contributed by atoms with Gasteiger partial charge in [-0.25, -0.2) is 14.2 Å². The maximum Gasteiger partial charge on any atom is 0.407 e. The number of aromatic amines is 1. The first kappa shape index (κ1) is 23.7. The Morgan fingerprint density at radius 1 is 1.34 bits per heavy atom. The second-order valence-electron chi connectivity index (χ2n) is 8.17. The van der Waals surface area contributed by atoms with E-state index in [0.717, 1.165) is 12.0 Å². The number of carbonyl (C=O) groups excluding carboxylic acids is 1. The fourth-order valence-corrected chi connectivity index (χ4v) is 4.13. The third-order valence-electron chi connectivity index (χ3n) is 5.88. The Balaban J connectivity index is 1.56. The zero-order valence-electron chi connectivity index (χ0n) is 18.8. The fourth-order valence-electron chi connectivity index (χ4n) is 4.13. The van der Waals surface area contributed by atoms with Crippen LogP contribution in [0.4, 0.5) is 15.0 Å². The van der Waals surface area contributed by atoms with Crippen LogP contribution in [0.5, 0.6) is 0 Å². The summed E-state index contributed by atoms with van der Waals surface area (Å²) >= 11 is 0. The number of hydrogen-bond acceptors (Lipinski definition) is 6. The van der Waals surface area contributed by atoms with Crippen LogP contribution in [0.1, 0.15) is 34.3 Å². The van der Waals surface area contributed by atoms with Gasteiger partial charge in [0.2, 0.25) is 0 Å². The van der Waals surface area contributed by atoms with E-state index in [-0.39, 0.29) is 35.3 Å². The second kappa shape index (κ2) is 10.6. The van der Waals surface area contributed by atoms with Crippen molar-refractivity contribution in [2.24, 2.45) is 0 Å². The number of carbonyl (C=O) groups is 2. The Hall–Kier alpha value is -4.46. The van der Waals surface area contributed by atoms with Gasteiger partial charge in [-0.1, -0.05) is 12.1 Å². The molecule has 1 saturated heterocycles. The molecule has 3 heterocycles. The van der Waals surface area contributed by atoms with Crippen molar-refractivity contribution in [3.05, 3.63) is 65.2 Å². The van der Waals surface area contributed by atoms with Crippen LogP contribution < -0.4 is 10.6 Å². The molecule has 0 spiro atoms. The van der Waals surface area contributed by atoms with Crippen molar-refractivity contribution in [3.8, 4) is 17.3 Å². The normalized spacial score (nSPS) is 15.0. The average molecular weight is 478 g/mol. The van der Waals surface area contributed by atoms with Crippen LogP contribution in [-0.4, -0.2) is 62.9 Å². The molecule has 11 heteroatoms. The molecule has 35 heavy (non-hydrogen) atoms. The molecule has 4 N–H and O–H groups in total. The number of nitrogens with one attached hydrogen (secondary N) is 3. The van der Waals surface area contributed by atoms with E-state index in [1.54, 1.807) is 18.3 Å². The van der Waals surface area contributed by atoms with Crippen molar-refractivity contribution in [1.29, 1.82) is 5.26 Å². The number of nitrogens with zero attached hydrogens (tertiary/aromatic N) is 4. The lowest BCUT2D eigenvalue weighted by atomic mass is 10.1. The summed E-state index contributed by atoms with van der Waals surface area (Å²) in [6, 6.07) is 9.46. The van der Waals surface area contributed by atoms with Crippen molar-refractivity contribution in [2.45, 2.75) is 25.3 Å². The smallest absolute Gasteiger partial charge is 0.407 e. The SMILES string of the molecule is N#Cc1cc(C(=O)NC[C@H]2CCCN2C(=O)O)c(NCCc2cccc(F)c2)nc1-c1cn[nH]c1. The van der Waals surface area contributed by atoms with Gasteiger partial charge in [0.1, 0.15) is 17.7 Å². The molecule has 1 aliphatic rings. The number of benzene rings is 1. The number of carboxylic acid groups (broad SMARTS) is 1. The second-order valence-corrected chi connectivity index (χ2v) is 8.17. The predicted octanol–water partition coefficient (Wildman–Crippen LogP) is 3.01. The maximum atomic E-state index is 13.5. The van der Waals surface area contributed by atoms with Crippen LogP contribution in [-0.2, 0) is 6.42 Å². The molecule has 2 aromatic heterocycles. The number of halogens is 1. The minimum atomic E-state index is -1.01. The first-order valence-electron chi connectivity index (χ1n) is 11.2. The van der Waals surface area contributed by atoms with Crippen molar-refractivity contribution in [2.75, 3.05) is 25.0 Å². The van der Waals surface area contributed by atoms with Crippen LogP contribution in [0.2, 0.25) is 0 Å². The van der Waals surface area contributed by atoms with Gasteiger partial charge < -0.3 is 20.6 Å². The summed E-state index contributed by atoms with van der Waals surface area (Å²) in [6.45, 7) is 0.949. The zero-order chi connectivity index (χ0) is 24.8. The molecule has 4 rings (SSSR count). The van der Waals surface area contributed by atoms with Gasteiger partial charge in [0.15, 0.2) is 0 Å². The third kappa shape index (κ3) is 5.55. The summed E-state index contributed by atoms with van der Waals surface area (Å²) < 4.78 is 13.5. The van der Waals surface area contributed by atoms with Gasteiger partial charge in [-0.15, -0.1) is 0 Å². The van der Waals surface area contributed by atoms with E-state index >= 15 is 0 Å². The van der Waals surface area contributed by atoms with Crippen LogP contribution >= 0.6 is 0 Å². The molecule has 180 valence electrons. The minimum Gasteiger partial charge on any atom is -0.465 e. The molecule has 0 radical (unpaired) electrons. The van der Waals surface area contributed by atoms with E-state index < -0.39 is 12.0 Å². The van der Waals surface area contributed by atoms with E-state index in [4.69, 9.17) is 0 Å². The highest BCUT2D eigenvalue weighted by atomic mass is 19.1. The Bertz CT molecular complexity index is 1260. The molecule has 0 saturated carbocycles. The standard InChI is InChI=1S/C24H24FN7O3/c25-18-4-1-3-15(9-18)6-7-27-22-20(10-16(11-26)21(31-22)17-12-29-30-13-17)23(33)28-14-19-5-2-8-32(19)24(34)35/h1,3-4,9-10,12-13,19H,2,5-8,14H2,(H,27,31)(H,28,33)(H,29,30)(H,34,35)/t19-/m1/s1. The molecule has 0 bridgehead atoms. The highest BCUT2D eigenvalue weighted by Gasteiger charge is 2.29. The molecular formula is C24H24FN7O3. The fraction of sp³-hybridized carbons (Fsp3) is 0.292. The molecular weight excluding hydrogens is 453 g/mol. The monoisotopic (exact) mass is 477 g/mol. The van der Waals surface area contributed by atoms with Gasteiger partial charge >= 0.3 is 6.09 Å². The summed E-state index contributed by atoms with van der Waals surface area (Å²) in [6.07, 6.45) is 3.99. The number of rotatable bonds is 8. The van der Waals surface area contributed by atoms with Crippen LogP contribution in [0.15, 0.2) is 42.7 Å². The molecule has 3 aromatic rings. The lowest BCUT2D eigenvalue weighted by Gasteiger charge is -2.22. The summed E-state index contributed by atoms with van der Waals surface area (Å²) in [5.74, 6) is -0.544. The molecule has 0 unspecified atom stereocenters. The maximum absolute atomic E-state index is 13.5. The number of pyridine rings is 1. The van der Waals surface area contributed by atoms with Gasteiger partial charge in [0.05, 0.1) is 29.1 Å². The molecule has 1 aliphatic heterocycles. The number of likely N-dealkylation sites (tertiary alicyclic amines) is 1. The average Bonchev–Trinajstić information content (AvgIpc) is 3.54. The molecule has 10 nitrogen and oxygen atoms in total. The number of anilines is 1. The molecule has 1 aromatic carbocycles. The summed E-state index contributed by atoms with van der Waals surface area (Å²) in [4.78, 5) is 30.4. The van der Waals surface area contributed by atoms with Crippen molar-refractivity contribution < 1.29 is 19.1 Å². The lowest BCUT2D eigenvalue weighted by molar-refractivity contribution is 0.0934. The predicted molar refractivity (Wildman–Crippen MR) is 125 cm³/mol. The molecule has 1 fully saturated rings. The summed E-state index contributed by atoms with van der Waals surface area (Å²) in [5, 5.41) is 31.5. The Morgan fingerprint density at radius 3 is 2.91 bits per heavy atom. The number of amides is 2. The van der Waals surface area contributed by atoms with Crippen LogP contribution in [0.3, 0.4) is 0 Å². The van der Waals surface area contributed by atoms with Gasteiger partial charge in [-0.2, -0.15) is 10.4 Å². The molecule has 2 amide bonds. The first-order chi connectivity index (χ1) is 17.0. The Morgan fingerprint density at radius 2 is 2.20 bits per heavy atom. The Labute approximate surface area is 200 Å². The van der Waals surface area contributed by atoms with Gasteiger partial charge in [-0.05, 0) is 43.0 Å². The number of aromatic nitrogens is 3. The van der Waals surface area contributed by atoms with Crippen molar-refractivity contribution >= 4 is 17.8 Å². The molecule has 0 aliphatic carbocycles. The van der Waals surface area contributed by atoms with Crippen LogP contribution in [0, 0.1) is 17.1 Å². The first-order valence-corrected chi connectivity index (χ1v) is 11.2. The van der Waals surface area contributed by atoms with E-state index in [9.17, 15) is 24.3 Å². The van der Waals surface area contributed by atoms with Crippen molar-refractivity contribution in [3.63, 3.8) is 0 Å². The van der Waals surface area contributed by atoms with Gasteiger partial charge in [0.25, 0.3) is 5.91 Å². The van der Waals surface area contributed by atoms with Crippen molar-refractivity contribution in [1.82, 2.24) is 25.4 Å². The van der Waals surface area contributed by atoms with E-state index in [1.807, 2.05) is 0 Å². The number of H-pyrrole nitrogens is 1. The largest absolute Gasteiger partial charge is 0.465 e. The molecule has 1 atom stereocenters. The van der Waals surface area contributed by atoms with Crippen LogP contribution in [0.25, 0.3) is 11.3 Å². The summed E-state index contributed by atoms with van der Waals surface area (Å²) in [7, 11) is 0. The van der Waals surface area contributed by atoms with E-state index in [1.165, 1.54) is 29.3 Å². The van der Waals surface area contributed by atoms with E-state index in [2.05, 4.69) is 31.9 Å². The Kier molecular flexibility index (Phi) is 7.21. The lowest BCUT2D eigenvalue weighted by Crippen LogP contribution is -2.42. The topological polar surface area (TPSA) is 147 Å². The minimum absolute atomic E-state index is 0.152. The third-order valence-corrected chi connectivity index (χ3v) is 5.88. The number of hydrogen-bond donors (Lipinski definition) is 4.